The molecule has 1 amide bonds. The maximum Gasteiger partial charge on any atom is 0.389 e. The normalized spacial score (nSPS) is 17.8. The Morgan fingerprint density at radius 3 is 2.38 bits per heavy atom. The first-order valence-corrected chi connectivity index (χ1v) is 10.3. The SMILES string of the molecule is CSc1ccc(C2=NOC3(CCN(C(=O)CCCC(F)(F)F)CC3)C2)cc1.O.O. The molecule has 4 N–H and O–H groups in total. The highest BCUT2D eigenvalue weighted by Gasteiger charge is 2.43. The molecule has 10 heteroatoms. The van der Waals surface area contributed by atoms with Crippen LogP contribution in [0.3, 0.4) is 0 Å². The molecule has 0 saturated carbocycles. The van der Waals surface area contributed by atoms with Crippen molar-refractivity contribution >= 4 is 23.4 Å². The summed E-state index contributed by atoms with van der Waals surface area (Å²) in [5, 5.41) is 4.27. The smallest absolute Gasteiger partial charge is 0.389 e. The van der Waals surface area contributed by atoms with Gasteiger partial charge in [0.25, 0.3) is 0 Å². The summed E-state index contributed by atoms with van der Waals surface area (Å²) in [5.74, 6) is -0.208. The van der Waals surface area contributed by atoms with Crippen LogP contribution in [0, 0.1) is 0 Å². The highest BCUT2D eigenvalue weighted by molar-refractivity contribution is 7.98. The van der Waals surface area contributed by atoms with Gasteiger partial charge in [-0.2, -0.15) is 13.2 Å². The Hall–Kier alpha value is -1.78. The molecule has 1 saturated heterocycles. The van der Waals surface area contributed by atoms with Crippen LogP contribution in [0.15, 0.2) is 34.3 Å². The van der Waals surface area contributed by atoms with E-state index in [-0.39, 0.29) is 29.7 Å². The Bertz CT molecular complexity index is 702. The third kappa shape index (κ3) is 6.61. The summed E-state index contributed by atoms with van der Waals surface area (Å²) in [4.78, 5) is 20.7. The van der Waals surface area contributed by atoms with E-state index < -0.39 is 18.2 Å². The lowest BCUT2D eigenvalue weighted by Crippen LogP contribution is -2.46. The predicted octanol–water partition coefficient (Wildman–Crippen LogP) is 2.98. The lowest BCUT2D eigenvalue weighted by Gasteiger charge is -2.37. The van der Waals surface area contributed by atoms with Crippen LogP contribution in [0.5, 0.6) is 0 Å². The summed E-state index contributed by atoms with van der Waals surface area (Å²) in [5.41, 5.74) is 1.55. The van der Waals surface area contributed by atoms with Gasteiger partial charge in [-0.1, -0.05) is 17.3 Å². The molecule has 2 aliphatic heterocycles. The van der Waals surface area contributed by atoms with E-state index in [0.29, 0.717) is 32.4 Å². The molecule has 0 unspecified atom stereocenters. The minimum Gasteiger partial charge on any atom is -0.412 e. The van der Waals surface area contributed by atoms with Crippen molar-refractivity contribution < 1.29 is 33.8 Å². The van der Waals surface area contributed by atoms with Crippen molar-refractivity contribution in [3.8, 4) is 0 Å². The van der Waals surface area contributed by atoms with Gasteiger partial charge in [0, 0.05) is 50.1 Å². The number of carbonyl (C=O) groups is 1. The summed E-state index contributed by atoms with van der Waals surface area (Å²) in [7, 11) is 0. The van der Waals surface area contributed by atoms with Gasteiger partial charge in [0.05, 0.1) is 5.71 Å². The molecule has 0 aliphatic carbocycles. The minimum absolute atomic E-state index is 0. The van der Waals surface area contributed by atoms with Crippen LogP contribution in [-0.2, 0) is 9.63 Å². The predicted molar refractivity (Wildman–Crippen MR) is 106 cm³/mol. The van der Waals surface area contributed by atoms with E-state index in [1.54, 1.807) is 16.7 Å². The third-order valence-corrected chi connectivity index (χ3v) is 5.88. The molecule has 3 rings (SSSR count). The van der Waals surface area contributed by atoms with Crippen molar-refractivity contribution in [2.45, 2.75) is 55.2 Å². The second-order valence-electron chi connectivity index (χ2n) is 7.07. The fourth-order valence-electron chi connectivity index (χ4n) is 3.49. The maximum absolute atomic E-state index is 12.2. The second-order valence-corrected chi connectivity index (χ2v) is 7.95. The number of halogens is 3. The van der Waals surface area contributed by atoms with Crippen LogP contribution >= 0.6 is 11.8 Å². The minimum atomic E-state index is -4.20. The molecule has 1 fully saturated rings. The number of likely N-dealkylation sites (tertiary alicyclic amines) is 1. The molecule has 2 heterocycles. The Balaban J connectivity index is 0.00000210. The topological polar surface area (TPSA) is 105 Å². The Morgan fingerprint density at radius 2 is 1.83 bits per heavy atom. The van der Waals surface area contributed by atoms with Crippen molar-refractivity contribution in [2.24, 2.45) is 5.16 Å². The number of benzene rings is 1. The molecule has 1 spiro atoms. The number of carbonyl (C=O) groups excluding carboxylic acids is 1. The van der Waals surface area contributed by atoms with Gasteiger partial charge in [0.1, 0.15) is 5.60 Å². The number of hydrogen-bond acceptors (Lipinski definition) is 4. The fraction of sp³-hybridized carbons (Fsp3) is 0.579. The number of alkyl halides is 3. The second kappa shape index (κ2) is 10.3. The van der Waals surface area contributed by atoms with E-state index in [2.05, 4.69) is 17.3 Å². The molecular weight excluding hydrogens is 409 g/mol. The zero-order valence-corrected chi connectivity index (χ0v) is 17.0. The van der Waals surface area contributed by atoms with Gasteiger partial charge in [-0.05, 0) is 30.4 Å². The Morgan fingerprint density at radius 1 is 1.21 bits per heavy atom. The van der Waals surface area contributed by atoms with E-state index in [4.69, 9.17) is 4.84 Å². The quantitative estimate of drug-likeness (QED) is 0.663. The monoisotopic (exact) mass is 436 g/mol. The lowest BCUT2D eigenvalue weighted by atomic mass is 9.85. The van der Waals surface area contributed by atoms with Crippen LogP contribution in [0.2, 0.25) is 0 Å². The van der Waals surface area contributed by atoms with Crippen molar-refractivity contribution in [3.05, 3.63) is 29.8 Å². The zero-order chi connectivity index (χ0) is 19.5. The van der Waals surface area contributed by atoms with Gasteiger partial charge in [-0.15, -0.1) is 11.8 Å². The molecule has 2 aliphatic rings. The van der Waals surface area contributed by atoms with E-state index in [0.717, 1.165) is 11.3 Å². The van der Waals surface area contributed by atoms with Crippen LogP contribution in [-0.4, -0.2) is 58.6 Å². The van der Waals surface area contributed by atoms with Crippen molar-refractivity contribution in [2.75, 3.05) is 19.3 Å². The van der Waals surface area contributed by atoms with E-state index in [1.165, 1.54) is 4.90 Å². The van der Waals surface area contributed by atoms with Crippen LogP contribution in [0.25, 0.3) is 0 Å². The molecule has 0 atom stereocenters. The van der Waals surface area contributed by atoms with Crippen molar-refractivity contribution in [1.29, 1.82) is 0 Å². The Kier molecular flexibility index (Phi) is 8.98. The highest BCUT2D eigenvalue weighted by atomic mass is 32.2. The molecule has 29 heavy (non-hydrogen) atoms. The van der Waals surface area contributed by atoms with E-state index in [1.807, 2.05) is 18.4 Å². The first kappa shape index (κ1) is 25.3. The summed E-state index contributed by atoms with van der Waals surface area (Å²) in [6, 6.07) is 8.17. The molecule has 0 aromatic heterocycles. The molecule has 0 bridgehead atoms. The van der Waals surface area contributed by atoms with Crippen LogP contribution < -0.4 is 0 Å². The van der Waals surface area contributed by atoms with Crippen molar-refractivity contribution in [1.82, 2.24) is 4.90 Å². The van der Waals surface area contributed by atoms with E-state index >= 15 is 0 Å². The molecule has 164 valence electrons. The fourth-order valence-corrected chi connectivity index (χ4v) is 3.90. The van der Waals surface area contributed by atoms with Gasteiger partial charge >= 0.3 is 6.18 Å². The first-order chi connectivity index (χ1) is 12.8. The number of nitrogens with zero attached hydrogens (tertiary/aromatic N) is 2. The number of piperidine rings is 1. The maximum atomic E-state index is 12.2. The van der Waals surface area contributed by atoms with Gasteiger partial charge in [-0.25, -0.2) is 0 Å². The zero-order valence-electron chi connectivity index (χ0n) is 16.2. The summed E-state index contributed by atoms with van der Waals surface area (Å²) >= 11 is 1.68. The number of hydrogen-bond donors (Lipinski definition) is 0. The first-order valence-electron chi connectivity index (χ1n) is 9.04. The Labute approximate surface area is 172 Å². The highest BCUT2D eigenvalue weighted by Crippen LogP contribution is 2.36. The van der Waals surface area contributed by atoms with Crippen molar-refractivity contribution in [3.63, 3.8) is 0 Å². The number of oxime groups is 1. The van der Waals surface area contributed by atoms with Gasteiger partial charge in [0.15, 0.2) is 0 Å². The largest absolute Gasteiger partial charge is 0.412 e. The summed E-state index contributed by atoms with van der Waals surface area (Å²) in [6.45, 7) is 0.998. The van der Waals surface area contributed by atoms with Crippen LogP contribution in [0.4, 0.5) is 13.2 Å². The molecule has 0 radical (unpaired) electrons. The molecule has 1 aromatic carbocycles. The molecule has 6 nitrogen and oxygen atoms in total. The van der Waals surface area contributed by atoms with Gasteiger partial charge < -0.3 is 20.7 Å². The number of thioether (sulfide) groups is 1. The third-order valence-electron chi connectivity index (χ3n) is 5.14. The van der Waals surface area contributed by atoms with Crippen LogP contribution in [0.1, 0.15) is 44.1 Å². The number of amides is 1. The standard InChI is InChI=1S/C19H23F3N2O2S.2H2O/c1-27-15-6-4-14(5-7-15)16-13-18(26-23-16)9-11-24(12-10-18)17(25)3-2-8-19(20,21)22;;/h4-7H,2-3,8-13H2,1H3;2*1H2. The lowest BCUT2D eigenvalue weighted by molar-refractivity contribution is -0.142. The molecule has 1 aromatic rings. The van der Waals surface area contributed by atoms with E-state index in [9.17, 15) is 18.0 Å². The van der Waals surface area contributed by atoms with Gasteiger partial charge in [-0.3, -0.25) is 4.79 Å². The summed E-state index contributed by atoms with van der Waals surface area (Å²) in [6.07, 6.45) is -1.31. The average molecular weight is 436 g/mol. The van der Waals surface area contributed by atoms with Gasteiger partial charge in [0.2, 0.25) is 5.91 Å². The number of rotatable bonds is 5. The average Bonchev–Trinajstić information content (AvgIpc) is 3.05. The summed E-state index contributed by atoms with van der Waals surface area (Å²) < 4.78 is 36.6. The molecular formula is C19H27F3N2O4S.